The Balaban J connectivity index is -0.0000000495. The maximum atomic E-state index is 8.74. The van der Waals surface area contributed by atoms with E-state index in [4.69, 9.17) is 140 Å². The first kappa shape index (κ1) is 68.0. The number of nitrogens with zero attached hydrogens (tertiary/aromatic N) is 1. The van der Waals surface area contributed by atoms with Crippen LogP contribution in [-0.2, 0) is 83.2 Å². The predicted octanol–water partition coefficient (Wildman–Crippen LogP) is -3.87. The molecule has 0 aromatic rings. The lowest BCUT2D eigenvalue weighted by atomic mass is 10.5. The molecule has 41 heteroatoms. The highest BCUT2D eigenvalue weighted by Crippen LogP contribution is 1.81. The molecule has 0 aliphatic heterocycles. The minimum Gasteiger partial charge on any atom is -0.304 e. The molecule has 33 nitrogen and oxygen atoms in total. The number of hydrogen-bond donors (Lipinski definition) is 16. The SMILES string of the molecule is CCN(CC)CC.O=S(=O)(O)O.O=S(=O)(O)O.O=S(=O)(O)O.O=S(=O)(O)O.O=S(=O)(O)O.O=S(=O)(O)O.O=S(=O)(O)O.O=S(=O)(O)O. The molecule has 0 bridgehead atoms. The van der Waals surface area contributed by atoms with Crippen molar-refractivity contribution in [1.29, 1.82) is 0 Å². The van der Waals surface area contributed by atoms with Gasteiger partial charge in [0.05, 0.1) is 0 Å². The van der Waals surface area contributed by atoms with Crippen molar-refractivity contribution in [1.82, 2.24) is 4.90 Å². The molecular weight excluding hydrogens is 855 g/mol. The van der Waals surface area contributed by atoms with Crippen molar-refractivity contribution in [3.05, 3.63) is 0 Å². The monoisotopic (exact) mass is 885 g/mol. The number of rotatable bonds is 3. The molecule has 300 valence electrons. The van der Waals surface area contributed by atoms with E-state index in [1.807, 2.05) is 0 Å². The van der Waals surface area contributed by atoms with Crippen molar-refractivity contribution >= 4 is 83.2 Å². The highest BCUT2D eigenvalue weighted by molar-refractivity contribution is 7.81. The van der Waals surface area contributed by atoms with Crippen molar-refractivity contribution in [2.75, 3.05) is 19.6 Å². The molecule has 0 heterocycles. The van der Waals surface area contributed by atoms with Gasteiger partial charge in [-0.2, -0.15) is 67.3 Å². The van der Waals surface area contributed by atoms with Crippen molar-refractivity contribution in [2.45, 2.75) is 20.8 Å². The van der Waals surface area contributed by atoms with Crippen molar-refractivity contribution in [2.24, 2.45) is 0 Å². The molecule has 0 unspecified atom stereocenters. The molecule has 0 aliphatic carbocycles. The standard InChI is InChI=1S/C6H15N.8H2O4S/c1-4-7(5-2)6-3;8*1-5(2,3)4/h4-6H2,1-3H3;8*(H2,1,2,3,4). The van der Waals surface area contributed by atoms with Gasteiger partial charge in [0.1, 0.15) is 0 Å². The third-order valence-corrected chi connectivity index (χ3v) is 1.34. The summed E-state index contributed by atoms with van der Waals surface area (Å²) in [5.41, 5.74) is 0. The molecule has 0 atom stereocenters. The first-order valence-corrected chi connectivity index (χ1v) is 19.8. The van der Waals surface area contributed by atoms with Gasteiger partial charge in [-0.25, -0.2) is 0 Å². The molecule has 16 N–H and O–H groups in total. The highest BCUT2D eigenvalue weighted by atomic mass is 32.3. The van der Waals surface area contributed by atoms with Crippen LogP contribution in [0.2, 0.25) is 0 Å². The van der Waals surface area contributed by atoms with Crippen LogP contribution in [0.25, 0.3) is 0 Å². The second-order valence-corrected chi connectivity index (χ2v) is 12.4. The summed E-state index contributed by atoms with van der Waals surface area (Å²) >= 11 is 0. The molecule has 0 rings (SSSR count). The zero-order chi connectivity index (χ0) is 41.7. The Morgan fingerprint density at radius 2 is 0.298 bits per heavy atom. The molecular formula is C6H31NO32S8. The summed E-state index contributed by atoms with van der Waals surface area (Å²) in [7, 11) is -37.3. The number of hydrogen-bond acceptors (Lipinski definition) is 17. The van der Waals surface area contributed by atoms with Crippen LogP contribution in [0, 0.1) is 0 Å². The van der Waals surface area contributed by atoms with Gasteiger partial charge in [-0.15, -0.1) is 0 Å². The van der Waals surface area contributed by atoms with Gasteiger partial charge in [0.25, 0.3) is 0 Å². The maximum absolute atomic E-state index is 8.74. The minimum atomic E-state index is -4.67. The zero-order valence-electron chi connectivity index (χ0n) is 22.5. The Labute approximate surface area is 267 Å². The minimum absolute atomic E-state index is 1.19. The van der Waals surface area contributed by atoms with E-state index < -0.39 is 83.2 Å². The second kappa shape index (κ2) is 30.9. The average Bonchev–Trinajstić information content (AvgIpc) is 2.51. The molecule has 47 heavy (non-hydrogen) atoms. The molecule has 0 amide bonds. The summed E-state index contributed by atoms with van der Waals surface area (Å²) in [6.07, 6.45) is 0. The summed E-state index contributed by atoms with van der Waals surface area (Å²) < 4.78 is 253. The van der Waals surface area contributed by atoms with Crippen LogP contribution in [0.3, 0.4) is 0 Å². The van der Waals surface area contributed by atoms with E-state index in [-0.39, 0.29) is 0 Å². The van der Waals surface area contributed by atoms with E-state index in [0.29, 0.717) is 0 Å². The first-order chi connectivity index (χ1) is 19.3. The van der Waals surface area contributed by atoms with Crippen LogP contribution in [0.15, 0.2) is 0 Å². The molecule has 0 fully saturated rings. The fraction of sp³-hybridized carbons (Fsp3) is 1.00. The molecule has 0 aromatic heterocycles. The quantitative estimate of drug-likeness (QED) is 0.121. The van der Waals surface area contributed by atoms with Crippen LogP contribution in [0.4, 0.5) is 0 Å². The Morgan fingerprint density at radius 3 is 0.298 bits per heavy atom. The van der Waals surface area contributed by atoms with E-state index in [0.717, 1.165) is 0 Å². The van der Waals surface area contributed by atoms with Gasteiger partial charge in [0, 0.05) is 0 Å². The van der Waals surface area contributed by atoms with E-state index in [9.17, 15) is 0 Å². The lowest BCUT2D eigenvalue weighted by Gasteiger charge is -2.13. The van der Waals surface area contributed by atoms with Crippen LogP contribution in [0.5, 0.6) is 0 Å². The molecule has 0 saturated heterocycles. The second-order valence-electron chi connectivity index (χ2n) is 5.20. The Hall–Kier alpha value is -1.08. The van der Waals surface area contributed by atoms with Gasteiger partial charge in [-0.05, 0) is 19.6 Å². The molecule has 0 aromatic carbocycles. The van der Waals surface area contributed by atoms with Crippen molar-refractivity contribution in [3.63, 3.8) is 0 Å². The third-order valence-electron chi connectivity index (χ3n) is 1.34. The topological polar surface area (TPSA) is 600 Å². The average molecular weight is 886 g/mol. The lowest BCUT2D eigenvalue weighted by Crippen LogP contribution is -2.21. The highest BCUT2D eigenvalue weighted by Gasteiger charge is 1.90. The summed E-state index contributed by atoms with van der Waals surface area (Å²) in [5.74, 6) is 0. The maximum Gasteiger partial charge on any atom is 0.394 e. The van der Waals surface area contributed by atoms with Crippen LogP contribution < -0.4 is 0 Å². The Morgan fingerprint density at radius 1 is 0.255 bits per heavy atom. The van der Waals surface area contributed by atoms with E-state index in [1.54, 1.807) is 0 Å². The summed E-state index contributed by atoms with van der Waals surface area (Å²) in [5, 5.41) is 0. The van der Waals surface area contributed by atoms with Gasteiger partial charge in [0.15, 0.2) is 0 Å². The summed E-state index contributed by atoms with van der Waals surface area (Å²) in [4.78, 5) is 2.38. The lowest BCUT2D eigenvalue weighted by molar-refractivity contribution is 0.321. The van der Waals surface area contributed by atoms with Gasteiger partial charge < -0.3 is 4.90 Å². The van der Waals surface area contributed by atoms with Crippen molar-refractivity contribution in [3.8, 4) is 0 Å². The van der Waals surface area contributed by atoms with Gasteiger partial charge in [0.2, 0.25) is 0 Å². The van der Waals surface area contributed by atoms with Gasteiger partial charge in [-0.1, -0.05) is 20.8 Å². The third kappa shape index (κ3) is 3420. The molecule has 0 spiro atoms. The van der Waals surface area contributed by atoms with Crippen LogP contribution in [0.1, 0.15) is 20.8 Å². The summed E-state index contributed by atoms with van der Waals surface area (Å²) in [6.45, 7) is 10.1. The molecule has 0 aliphatic rings. The first-order valence-electron chi connectivity index (χ1n) is 8.66. The normalized spacial score (nSPS) is 11.4. The predicted molar refractivity (Wildman–Crippen MR) is 147 cm³/mol. The van der Waals surface area contributed by atoms with Crippen LogP contribution >= 0.6 is 0 Å². The van der Waals surface area contributed by atoms with Gasteiger partial charge in [-0.3, -0.25) is 72.8 Å². The zero-order valence-corrected chi connectivity index (χ0v) is 29.1. The van der Waals surface area contributed by atoms with E-state index >= 15 is 0 Å². The Kier molecular flexibility index (Phi) is 44.7. The van der Waals surface area contributed by atoms with E-state index in [1.165, 1.54) is 19.6 Å². The fourth-order valence-corrected chi connectivity index (χ4v) is 0.671. The van der Waals surface area contributed by atoms with Crippen molar-refractivity contribution < 1.29 is 140 Å². The largest absolute Gasteiger partial charge is 0.394 e. The van der Waals surface area contributed by atoms with E-state index in [2.05, 4.69) is 25.7 Å². The molecule has 0 radical (unpaired) electrons. The van der Waals surface area contributed by atoms with Gasteiger partial charge >= 0.3 is 83.2 Å². The Bertz CT molecular complexity index is 1180. The summed E-state index contributed by atoms with van der Waals surface area (Å²) in [6, 6.07) is 0. The van der Waals surface area contributed by atoms with Crippen LogP contribution in [-0.4, -0.2) is 165 Å². The molecule has 0 saturated carbocycles. The fourth-order valence-electron chi connectivity index (χ4n) is 0.671. The smallest absolute Gasteiger partial charge is 0.304 e.